The maximum Gasteiger partial charge on any atom is 0.319 e. The van der Waals surface area contributed by atoms with Crippen molar-refractivity contribution in [2.24, 2.45) is 0 Å². The van der Waals surface area contributed by atoms with Crippen molar-refractivity contribution in [2.45, 2.75) is 37.1 Å². The van der Waals surface area contributed by atoms with Crippen molar-refractivity contribution in [3.63, 3.8) is 0 Å². The summed E-state index contributed by atoms with van der Waals surface area (Å²) in [4.78, 5) is 19.5. The van der Waals surface area contributed by atoms with E-state index >= 15 is 0 Å². The molecule has 1 aromatic carbocycles. The van der Waals surface area contributed by atoms with E-state index in [1.165, 1.54) is 31.9 Å². The molecule has 1 fully saturated rings. The van der Waals surface area contributed by atoms with Crippen LogP contribution in [-0.2, 0) is 17.3 Å². The molecule has 0 saturated carbocycles. The number of rotatable bonds is 5. The van der Waals surface area contributed by atoms with Crippen LogP contribution >= 0.6 is 11.6 Å². The zero-order valence-corrected chi connectivity index (χ0v) is 17.5. The molecule has 2 N–H and O–H groups in total. The normalized spacial score (nSPS) is 15.6. The number of carbonyl (C=O) groups is 1. The predicted octanol–water partition coefficient (Wildman–Crippen LogP) is 4.17. The van der Waals surface area contributed by atoms with Gasteiger partial charge in [-0.15, -0.1) is 0 Å². The highest BCUT2D eigenvalue weighted by molar-refractivity contribution is 7.84. The Morgan fingerprint density at radius 1 is 1.18 bits per heavy atom. The minimum absolute atomic E-state index is 0.351. The van der Waals surface area contributed by atoms with Crippen LogP contribution in [0.25, 0.3) is 0 Å². The molecule has 0 radical (unpaired) electrons. The van der Waals surface area contributed by atoms with Crippen LogP contribution in [0, 0.1) is 0 Å². The quantitative estimate of drug-likeness (QED) is 0.761. The van der Waals surface area contributed by atoms with Gasteiger partial charge < -0.3 is 15.5 Å². The van der Waals surface area contributed by atoms with Crippen LogP contribution in [-0.4, -0.2) is 34.6 Å². The Morgan fingerprint density at radius 2 is 1.93 bits per heavy atom. The third kappa shape index (κ3) is 5.45. The van der Waals surface area contributed by atoms with Crippen molar-refractivity contribution in [1.82, 2.24) is 10.3 Å². The maximum absolute atomic E-state index is 12.2. The molecule has 1 aromatic heterocycles. The molecule has 0 spiro atoms. The average molecular weight is 421 g/mol. The molecule has 8 heteroatoms. The predicted molar refractivity (Wildman–Crippen MR) is 115 cm³/mol. The second-order valence-corrected chi connectivity index (χ2v) is 8.53. The summed E-state index contributed by atoms with van der Waals surface area (Å²) in [6, 6.07) is 8.65. The number of pyridine rings is 1. The lowest BCUT2D eigenvalue weighted by molar-refractivity contribution is 0.251. The molecule has 0 aliphatic carbocycles. The van der Waals surface area contributed by atoms with Crippen LogP contribution in [0.5, 0.6) is 0 Å². The summed E-state index contributed by atoms with van der Waals surface area (Å²) < 4.78 is 11.9. The van der Waals surface area contributed by atoms with E-state index in [0.717, 1.165) is 24.5 Å². The van der Waals surface area contributed by atoms with Crippen LogP contribution in [0.2, 0.25) is 5.02 Å². The lowest BCUT2D eigenvalue weighted by Gasteiger charge is -2.21. The standard InChI is InChI=1S/C20H25ClN4O2S/c1-28(27)19-16(21)7-6-8-17(19)24-20(26)23-14-15-9-10-18(22-13-15)25-11-4-2-3-5-12-25/h6-10,13H,2-5,11-12,14H2,1H3,(H2,23,24,26)/t28-/m0/s1. The summed E-state index contributed by atoms with van der Waals surface area (Å²) in [5, 5.41) is 5.88. The zero-order valence-electron chi connectivity index (χ0n) is 15.9. The third-order valence-corrected chi connectivity index (χ3v) is 6.14. The molecule has 1 aliphatic heterocycles. The number of amides is 2. The van der Waals surface area contributed by atoms with Crippen molar-refractivity contribution >= 4 is 39.9 Å². The van der Waals surface area contributed by atoms with E-state index in [2.05, 4.69) is 20.5 Å². The van der Waals surface area contributed by atoms with Gasteiger partial charge in [-0.25, -0.2) is 9.78 Å². The van der Waals surface area contributed by atoms with Gasteiger partial charge in [-0.05, 0) is 36.6 Å². The topological polar surface area (TPSA) is 74.3 Å². The fraction of sp³-hybridized carbons (Fsp3) is 0.400. The van der Waals surface area contributed by atoms with E-state index in [-0.39, 0.29) is 6.03 Å². The number of hydrogen-bond acceptors (Lipinski definition) is 4. The first-order chi connectivity index (χ1) is 13.5. The molecule has 3 rings (SSSR count). The lowest BCUT2D eigenvalue weighted by atomic mass is 10.2. The van der Waals surface area contributed by atoms with Crippen molar-refractivity contribution < 1.29 is 9.00 Å². The molecule has 0 bridgehead atoms. The monoisotopic (exact) mass is 420 g/mol. The summed E-state index contributed by atoms with van der Waals surface area (Å²) in [6.07, 6.45) is 8.31. The van der Waals surface area contributed by atoms with E-state index in [9.17, 15) is 9.00 Å². The van der Waals surface area contributed by atoms with Gasteiger partial charge in [-0.3, -0.25) is 4.21 Å². The van der Waals surface area contributed by atoms with Gasteiger partial charge in [0.25, 0.3) is 0 Å². The Morgan fingerprint density at radius 3 is 2.57 bits per heavy atom. The molecule has 28 heavy (non-hydrogen) atoms. The molecule has 1 atom stereocenters. The van der Waals surface area contributed by atoms with Gasteiger partial charge >= 0.3 is 6.03 Å². The van der Waals surface area contributed by atoms with Gasteiger partial charge in [-0.1, -0.05) is 36.6 Å². The van der Waals surface area contributed by atoms with Crippen molar-refractivity contribution in [2.75, 3.05) is 29.6 Å². The Labute approximate surface area is 173 Å². The molecule has 1 aliphatic rings. The number of halogens is 1. The van der Waals surface area contributed by atoms with Gasteiger partial charge in [0, 0.05) is 32.1 Å². The number of nitrogens with zero attached hydrogens (tertiary/aromatic N) is 2. The summed E-state index contributed by atoms with van der Waals surface area (Å²) in [7, 11) is -1.30. The zero-order chi connectivity index (χ0) is 19.9. The first-order valence-corrected chi connectivity index (χ1v) is 11.3. The van der Waals surface area contributed by atoms with Gasteiger partial charge in [0.2, 0.25) is 0 Å². The Kier molecular flexibility index (Phi) is 7.28. The first-order valence-electron chi connectivity index (χ1n) is 9.41. The van der Waals surface area contributed by atoms with E-state index in [4.69, 9.17) is 11.6 Å². The number of benzene rings is 1. The Balaban J connectivity index is 1.56. The van der Waals surface area contributed by atoms with Crippen LogP contribution in [0.1, 0.15) is 31.2 Å². The minimum Gasteiger partial charge on any atom is -0.357 e. The maximum atomic E-state index is 12.2. The summed E-state index contributed by atoms with van der Waals surface area (Å²) >= 11 is 6.09. The Bertz CT molecular complexity index is 837. The fourth-order valence-electron chi connectivity index (χ4n) is 3.26. The summed E-state index contributed by atoms with van der Waals surface area (Å²) in [5.74, 6) is 0.990. The number of hydrogen-bond donors (Lipinski definition) is 2. The minimum atomic E-state index is -1.30. The third-order valence-electron chi connectivity index (χ3n) is 4.69. The van der Waals surface area contributed by atoms with Crippen LogP contribution in [0.15, 0.2) is 41.4 Å². The van der Waals surface area contributed by atoms with Gasteiger partial charge in [0.05, 0.1) is 26.4 Å². The average Bonchev–Trinajstić information content (AvgIpc) is 2.96. The van der Waals surface area contributed by atoms with Gasteiger partial charge in [-0.2, -0.15) is 0 Å². The van der Waals surface area contributed by atoms with E-state index in [0.29, 0.717) is 22.2 Å². The second-order valence-electron chi connectivity index (χ2n) is 6.80. The Hall–Kier alpha value is -2.12. The molecule has 2 heterocycles. The number of carbonyl (C=O) groups excluding carboxylic acids is 1. The summed E-state index contributed by atoms with van der Waals surface area (Å²) in [5.41, 5.74) is 1.36. The number of nitrogens with one attached hydrogen (secondary N) is 2. The van der Waals surface area contributed by atoms with Crippen LogP contribution < -0.4 is 15.5 Å². The fourth-order valence-corrected chi connectivity index (χ4v) is 4.53. The molecular formula is C20H25ClN4O2S. The van der Waals surface area contributed by atoms with E-state index in [1.54, 1.807) is 24.4 Å². The SMILES string of the molecule is C[S@](=O)c1c(Cl)cccc1NC(=O)NCc1ccc(N2CCCCCC2)nc1. The van der Waals surface area contributed by atoms with Crippen LogP contribution in [0.3, 0.4) is 0 Å². The van der Waals surface area contributed by atoms with E-state index < -0.39 is 10.8 Å². The number of anilines is 2. The molecule has 2 amide bonds. The van der Waals surface area contributed by atoms with Crippen LogP contribution in [0.4, 0.5) is 16.3 Å². The van der Waals surface area contributed by atoms with Crippen molar-refractivity contribution in [3.8, 4) is 0 Å². The number of urea groups is 1. The second kappa shape index (κ2) is 9.89. The van der Waals surface area contributed by atoms with Gasteiger partial charge in [0.1, 0.15) is 5.82 Å². The molecule has 1 saturated heterocycles. The smallest absolute Gasteiger partial charge is 0.319 e. The molecule has 2 aromatic rings. The highest BCUT2D eigenvalue weighted by Gasteiger charge is 2.14. The number of aromatic nitrogens is 1. The molecular weight excluding hydrogens is 396 g/mol. The first kappa shape index (κ1) is 20.6. The molecule has 0 unspecified atom stereocenters. The highest BCUT2D eigenvalue weighted by Crippen LogP contribution is 2.27. The molecule has 150 valence electrons. The van der Waals surface area contributed by atoms with Crippen molar-refractivity contribution in [1.29, 1.82) is 0 Å². The van der Waals surface area contributed by atoms with E-state index in [1.807, 2.05) is 12.1 Å². The molecule has 6 nitrogen and oxygen atoms in total. The largest absolute Gasteiger partial charge is 0.357 e. The van der Waals surface area contributed by atoms with Gasteiger partial charge in [0.15, 0.2) is 0 Å². The lowest BCUT2D eigenvalue weighted by Crippen LogP contribution is -2.29. The highest BCUT2D eigenvalue weighted by atomic mass is 35.5. The van der Waals surface area contributed by atoms with Crippen molar-refractivity contribution in [3.05, 3.63) is 47.1 Å². The summed E-state index contributed by atoms with van der Waals surface area (Å²) in [6.45, 7) is 2.45.